The van der Waals surface area contributed by atoms with Crippen LogP contribution in [0, 0.1) is 41.5 Å². The number of H-pyrrole nitrogens is 1. The molecule has 1 fully saturated rings. The van der Waals surface area contributed by atoms with E-state index in [1.54, 1.807) is 6.20 Å². The van der Waals surface area contributed by atoms with Crippen molar-refractivity contribution in [2.24, 2.45) is 0 Å². The number of halogens is 3. The van der Waals surface area contributed by atoms with E-state index in [1.807, 2.05) is 62.9 Å². The van der Waals surface area contributed by atoms with Crippen LogP contribution in [0.3, 0.4) is 0 Å². The predicted octanol–water partition coefficient (Wildman–Crippen LogP) is 7.37. The van der Waals surface area contributed by atoms with E-state index in [0.29, 0.717) is 12.6 Å². The zero-order valence-corrected chi connectivity index (χ0v) is 44.2. The topological polar surface area (TPSA) is 169 Å². The molecule has 2 atom stereocenters. The van der Waals surface area contributed by atoms with E-state index in [-0.39, 0.29) is 76.7 Å². The van der Waals surface area contributed by atoms with Gasteiger partial charge in [0.1, 0.15) is 0 Å². The van der Waals surface area contributed by atoms with Crippen LogP contribution in [0.4, 0.5) is 0 Å². The van der Waals surface area contributed by atoms with Crippen molar-refractivity contribution < 1.29 is 90.1 Å². The second kappa shape index (κ2) is 25.4. The summed E-state index contributed by atoms with van der Waals surface area (Å²) in [5.41, 5.74) is 10.1. The summed E-state index contributed by atoms with van der Waals surface area (Å²) in [5.74, 6) is -0.333. The molecule has 4 heterocycles. The molecule has 16 heteroatoms. The zero-order chi connectivity index (χ0) is 42.3. The number of aliphatic hydroxyl groups excluding tert-OH is 3. The first kappa shape index (κ1) is 58.1. The average Bonchev–Trinajstić information content (AvgIpc) is 3.97. The maximum absolute atomic E-state index is 11.6. The molecule has 59 heavy (non-hydrogen) atoms. The molecule has 1 saturated heterocycles. The van der Waals surface area contributed by atoms with Gasteiger partial charge in [0.05, 0.1) is 43.7 Å². The van der Waals surface area contributed by atoms with Crippen LogP contribution in [0.5, 0.6) is 0 Å². The van der Waals surface area contributed by atoms with Gasteiger partial charge in [0.25, 0.3) is 0 Å². The number of aliphatic hydroxyl groups is 3. The molecule has 0 spiro atoms. The first-order valence-electron chi connectivity index (χ1n) is 18.2. The Labute approximate surface area is 418 Å². The van der Waals surface area contributed by atoms with Crippen molar-refractivity contribution in [3.8, 4) is 0 Å². The molecular weight excluding hydrogens is 997 g/mol. The van der Waals surface area contributed by atoms with E-state index in [1.165, 1.54) is 53.2 Å². The molecule has 11 nitrogen and oxygen atoms in total. The van der Waals surface area contributed by atoms with E-state index in [9.17, 15) is 13.5 Å². The van der Waals surface area contributed by atoms with Gasteiger partial charge in [0, 0.05) is 66.3 Å². The molecule has 1 aliphatic rings. The minimum atomic E-state index is -3.23. The van der Waals surface area contributed by atoms with E-state index in [4.69, 9.17) is 19.7 Å². The quantitative estimate of drug-likeness (QED) is 0.130. The fraction of sp³-hybridized carbons (Fsp3) is 0.442. The van der Waals surface area contributed by atoms with Crippen LogP contribution in [0.1, 0.15) is 68.0 Å². The van der Waals surface area contributed by atoms with E-state index >= 15 is 0 Å². The summed E-state index contributed by atoms with van der Waals surface area (Å²) >= 11 is 10.6. The molecule has 0 bridgehead atoms. The van der Waals surface area contributed by atoms with Gasteiger partial charge in [-0.2, -0.15) is 0 Å². The number of fused-ring (bicyclic) bond motifs is 3. The normalized spacial score (nSPS) is 14.5. The number of rotatable bonds is 5. The molecule has 5 N–H and O–H groups in total. The summed E-state index contributed by atoms with van der Waals surface area (Å²) < 4.78 is 40.6. The maximum atomic E-state index is 11.6. The van der Waals surface area contributed by atoms with Crippen molar-refractivity contribution in [3.63, 3.8) is 0 Å². The van der Waals surface area contributed by atoms with Crippen molar-refractivity contribution >= 4 is 90.5 Å². The van der Waals surface area contributed by atoms with E-state index < -0.39 is 16.1 Å². The molecule has 3 aromatic carbocycles. The monoisotopic (exact) mass is 1060 g/mol. The van der Waals surface area contributed by atoms with Crippen molar-refractivity contribution in [1.29, 1.82) is 0 Å². The minimum absolute atomic E-state index is 0. The Kier molecular flexibility index (Phi) is 25.0. The summed E-state index contributed by atoms with van der Waals surface area (Å²) in [6.07, 6.45) is 7.38. The molecule has 0 unspecified atom stereocenters. The van der Waals surface area contributed by atoms with Gasteiger partial charge in [-0.3, -0.25) is 0 Å². The van der Waals surface area contributed by atoms with Gasteiger partial charge in [-0.1, -0.05) is 62.1 Å². The summed E-state index contributed by atoms with van der Waals surface area (Å²) in [4.78, 5) is 3.21. The SMILES string of the molecule is C.CC[C@@H]1COC(C)(C)O1.CO.Cc1cc2[nH]ccc2c(C)c1Br.Cc1cc2c(ccn2C[C@@H](O)CO)c(C)c1Br.Cc1cc2c(ccn2S(C)(=O)=O)c(C)c1Br.[K+].[OH-]. The molecule has 3 aromatic heterocycles. The average molecular weight is 1060 g/mol. The molecule has 1 aliphatic heterocycles. The standard InChI is InChI=1S/C13H16BrNO2.C11H12BrNO2S.C10H10BrN.C7H14O2.CH4O.CH4.K.H2O/c1-8-5-12-11(9(2)13(8)14)3-4-15(12)6-10(17)7-16;1-7-6-10-9(8(2)11(7)12)4-5-13(10)16(3,14)15;1-6-5-9-8(3-4-12-9)7(2)10(6)11;1-4-6-5-8-7(2,3)9-6;1-2;;;/h3-5,10,16-17H,6-7H2,1-2H3;4-6H,1-3H3;3-5,12H,1-2H3;6H,4-5H2,1-3H3;2H,1H3;1H4;;1H2/q;;;;;;+1;/p-1/t10-;;;6-;;;;/m1..1..../s1. The largest absolute Gasteiger partial charge is 1.00 e. The van der Waals surface area contributed by atoms with Gasteiger partial charge in [0.2, 0.25) is 10.0 Å². The molecule has 0 aliphatic carbocycles. The molecule has 0 amide bonds. The Morgan fingerprint density at radius 2 is 1.32 bits per heavy atom. The van der Waals surface area contributed by atoms with Gasteiger partial charge < -0.3 is 39.8 Å². The van der Waals surface area contributed by atoms with Gasteiger partial charge in [-0.25, -0.2) is 12.4 Å². The molecule has 0 saturated carbocycles. The van der Waals surface area contributed by atoms with E-state index in [2.05, 4.69) is 106 Å². The Morgan fingerprint density at radius 1 is 0.847 bits per heavy atom. The van der Waals surface area contributed by atoms with Crippen molar-refractivity contribution in [1.82, 2.24) is 13.5 Å². The molecule has 7 rings (SSSR count). The minimum Gasteiger partial charge on any atom is -0.870 e. The summed E-state index contributed by atoms with van der Waals surface area (Å²) in [6, 6.07) is 12.1. The van der Waals surface area contributed by atoms with Crippen LogP contribution < -0.4 is 51.4 Å². The number of aryl methyl sites for hydroxylation is 6. The Morgan fingerprint density at radius 3 is 1.78 bits per heavy atom. The smallest absolute Gasteiger partial charge is 0.870 e. The van der Waals surface area contributed by atoms with Crippen LogP contribution in [0.2, 0.25) is 0 Å². The number of hydrogen-bond donors (Lipinski definition) is 4. The number of benzene rings is 3. The number of aromatic amines is 1. The fourth-order valence-corrected chi connectivity index (χ4v) is 8.21. The van der Waals surface area contributed by atoms with Crippen LogP contribution in [0.15, 0.2) is 68.4 Å². The number of nitrogens with one attached hydrogen (secondary N) is 1. The van der Waals surface area contributed by atoms with Crippen molar-refractivity contribution in [2.45, 2.75) is 101 Å². The third kappa shape index (κ3) is 14.8. The number of ether oxygens (including phenoxy) is 2. The Hall–Kier alpha value is -0.934. The summed E-state index contributed by atoms with van der Waals surface area (Å²) in [7, 11) is -2.23. The van der Waals surface area contributed by atoms with Gasteiger partial charge in [0.15, 0.2) is 5.79 Å². The van der Waals surface area contributed by atoms with Crippen LogP contribution in [0.25, 0.3) is 32.7 Å². The third-order valence-corrected chi connectivity index (χ3v) is 14.2. The van der Waals surface area contributed by atoms with Gasteiger partial charge in [-0.05, 0) is 132 Å². The Balaban J connectivity index is 0.000000753. The zero-order valence-electron chi connectivity index (χ0n) is 35.5. The second-order valence-corrected chi connectivity index (χ2v) is 18.5. The number of nitrogens with zero attached hydrogens (tertiary/aromatic N) is 2. The molecular formula is C43H61Br3KN3O8S. The first-order valence-corrected chi connectivity index (χ1v) is 22.4. The second-order valence-electron chi connectivity index (χ2n) is 14.2. The fourth-order valence-electron chi connectivity index (χ4n) is 6.43. The van der Waals surface area contributed by atoms with Gasteiger partial charge in [-0.15, -0.1) is 0 Å². The van der Waals surface area contributed by atoms with E-state index in [0.717, 1.165) is 56.6 Å². The summed E-state index contributed by atoms with van der Waals surface area (Å²) in [5, 5.41) is 28.8. The summed E-state index contributed by atoms with van der Waals surface area (Å²) in [6.45, 7) is 19.3. The van der Waals surface area contributed by atoms with Crippen molar-refractivity contribution in [3.05, 3.63) is 102 Å². The third-order valence-electron chi connectivity index (χ3n) is 9.48. The molecule has 6 aromatic rings. The number of aromatic nitrogens is 3. The van der Waals surface area contributed by atoms with Crippen LogP contribution >= 0.6 is 47.8 Å². The number of hydrogen-bond acceptors (Lipinski definition) is 8. The van der Waals surface area contributed by atoms with Crippen LogP contribution in [-0.4, -0.2) is 87.3 Å². The van der Waals surface area contributed by atoms with Gasteiger partial charge >= 0.3 is 51.4 Å². The maximum Gasteiger partial charge on any atom is 1.00 e. The van der Waals surface area contributed by atoms with Crippen LogP contribution in [-0.2, 0) is 26.0 Å². The van der Waals surface area contributed by atoms with Crippen molar-refractivity contribution in [2.75, 3.05) is 26.6 Å². The molecule has 324 valence electrons. The predicted molar refractivity (Wildman–Crippen MR) is 249 cm³/mol. The first-order chi connectivity index (χ1) is 26.2. The Bertz CT molecular complexity index is 2380. The molecule has 0 radical (unpaired) electrons.